The highest BCUT2D eigenvalue weighted by Gasteiger charge is 2.27. The fourth-order valence-electron chi connectivity index (χ4n) is 3.67. The van der Waals surface area contributed by atoms with E-state index < -0.39 is 0 Å². The SMILES string of the molecule is CN1CCC(OC(c2cccc(I)c2)c2nc3ccccc3n2C)CC1. The third-order valence-corrected chi connectivity index (χ3v) is 5.87. The Hall–Kier alpha value is -1.44. The van der Waals surface area contributed by atoms with Gasteiger partial charge in [0.05, 0.1) is 17.1 Å². The summed E-state index contributed by atoms with van der Waals surface area (Å²) in [7, 11) is 4.27. The Bertz CT molecular complexity index is 899. The molecule has 0 spiro atoms. The zero-order valence-corrected chi connectivity index (χ0v) is 17.4. The number of aromatic nitrogens is 2. The van der Waals surface area contributed by atoms with Gasteiger partial charge in [-0.3, -0.25) is 0 Å². The smallest absolute Gasteiger partial charge is 0.143 e. The van der Waals surface area contributed by atoms with Crippen molar-refractivity contribution in [1.29, 1.82) is 0 Å². The number of ether oxygens (including phenoxy) is 1. The minimum absolute atomic E-state index is 0.143. The molecule has 4 rings (SSSR count). The summed E-state index contributed by atoms with van der Waals surface area (Å²) in [6.07, 6.45) is 2.27. The lowest BCUT2D eigenvalue weighted by molar-refractivity contribution is -0.0276. The predicted octanol–water partition coefficient (Wildman–Crippen LogP) is 4.38. The molecule has 26 heavy (non-hydrogen) atoms. The van der Waals surface area contributed by atoms with Crippen LogP contribution >= 0.6 is 22.6 Å². The van der Waals surface area contributed by atoms with Crippen LogP contribution in [0.3, 0.4) is 0 Å². The highest BCUT2D eigenvalue weighted by Crippen LogP contribution is 2.31. The number of hydrogen-bond acceptors (Lipinski definition) is 3. The molecule has 1 atom stereocenters. The molecule has 5 heteroatoms. The Balaban J connectivity index is 1.73. The van der Waals surface area contributed by atoms with E-state index in [1.54, 1.807) is 0 Å². The van der Waals surface area contributed by atoms with Crippen molar-refractivity contribution in [3.63, 3.8) is 0 Å². The molecule has 3 aromatic rings. The zero-order valence-electron chi connectivity index (χ0n) is 15.2. The molecule has 1 saturated heterocycles. The van der Waals surface area contributed by atoms with Crippen molar-refractivity contribution in [3.05, 3.63) is 63.5 Å². The van der Waals surface area contributed by atoms with Crippen molar-refractivity contribution in [2.24, 2.45) is 7.05 Å². The molecule has 0 aliphatic carbocycles. The first-order chi connectivity index (χ1) is 12.6. The lowest BCUT2D eigenvalue weighted by atomic mass is 10.1. The number of nitrogens with zero attached hydrogens (tertiary/aromatic N) is 3. The third kappa shape index (κ3) is 3.66. The van der Waals surface area contributed by atoms with E-state index in [0.717, 1.165) is 42.8 Å². The molecule has 0 saturated carbocycles. The summed E-state index contributed by atoms with van der Waals surface area (Å²) in [6.45, 7) is 2.18. The molecule has 1 unspecified atom stereocenters. The first kappa shape index (κ1) is 17.9. The average molecular weight is 461 g/mol. The van der Waals surface area contributed by atoms with Gasteiger partial charge < -0.3 is 14.2 Å². The molecule has 1 aliphatic heterocycles. The monoisotopic (exact) mass is 461 g/mol. The quantitative estimate of drug-likeness (QED) is 0.541. The molecule has 136 valence electrons. The Kier molecular flexibility index (Phi) is 5.29. The molecular formula is C21H24IN3O. The van der Waals surface area contributed by atoms with Gasteiger partial charge in [-0.1, -0.05) is 24.3 Å². The summed E-state index contributed by atoms with van der Waals surface area (Å²) in [4.78, 5) is 7.29. The summed E-state index contributed by atoms with van der Waals surface area (Å²) in [5.41, 5.74) is 3.34. The molecular weight excluding hydrogens is 437 g/mol. The van der Waals surface area contributed by atoms with E-state index in [1.807, 2.05) is 6.07 Å². The number of benzene rings is 2. The Morgan fingerprint density at radius 2 is 1.85 bits per heavy atom. The van der Waals surface area contributed by atoms with Crippen LogP contribution in [0.1, 0.15) is 30.3 Å². The van der Waals surface area contributed by atoms with Crippen molar-refractivity contribution >= 4 is 33.6 Å². The van der Waals surface area contributed by atoms with Crippen LogP contribution in [0.2, 0.25) is 0 Å². The maximum absolute atomic E-state index is 6.66. The van der Waals surface area contributed by atoms with Gasteiger partial charge in [0.2, 0.25) is 0 Å². The highest BCUT2D eigenvalue weighted by atomic mass is 127. The van der Waals surface area contributed by atoms with E-state index in [1.165, 1.54) is 9.13 Å². The van der Waals surface area contributed by atoms with E-state index in [9.17, 15) is 0 Å². The lowest BCUT2D eigenvalue weighted by Gasteiger charge is -2.32. The van der Waals surface area contributed by atoms with Gasteiger partial charge in [0.1, 0.15) is 11.9 Å². The summed E-state index contributed by atoms with van der Waals surface area (Å²) < 4.78 is 10.1. The van der Waals surface area contributed by atoms with E-state index in [2.05, 4.69) is 88.6 Å². The van der Waals surface area contributed by atoms with Crippen molar-refractivity contribution in [3.8, 4) is 0 Å². The van der Waals surface area contributed by atoms with Crippen molar-refractivity contribution in [2.45, 2.75) is 25.0 Å². The second kappa shape index (κ2) is 7.66. The third-order valence-electron chi connectivity index (χ3n) is 5.20. The maximum Gasteiger partial charge on any atom is 0.143 e. The largest absolute Gasteiger partial charge is 0.362 e. The Morgan fingerprint density at radius 3 is 2.58 bits per heavy atom. The number of imidazole rings is 1. The number of halogens is 1. The number of likely N-dealkylation sites (tertiary alicyclic amines) is 1. The van der Waals surface area contributed by atoms with Gasteiger partial charge in [0.15, 0.2) is 0 Å². The number of fused-ring (bicyclic) bond motifs is 1. The van der Waals surface area contributed by atoms with Gasteiger partial charge in [0.25, 0.3) is 0 Å². The zero-order chi connectivity index (χ0) is 18.1. The minimum atomic E-state index is -0.143. The maximum atomic E-state index is 6.66. The lowest BCUT2D eigenvalue weighted by Crippen LogP contribution is -2.35. The molecule has 1 fully saturated rings. The number of aryl methyl sites for hydroxylation is 1. The highest BCUT2D eigenvalue weighted by molar-refractivity contribution is 14.1. The van der Waals surface area contributed by atoms with Crippen LogP contribution in [0, 0.1) is 3.57 Å². The average Bonchev–Trinajstić information content (AvgIpc) is 2.98. The van der Waals surface area contributed by atoms with Crippen molar-refractivity contribution in [1.82, 2.24) is 14.5 Å². The molecule has 0 amide bonds. The minimum Gasteiger partial charge on any atom is -0.362 e. The van der Waals surface area contributed by atoms with E-state index in [4.69, 9.17) is 9.72 Å². The molecule has 2 aromatic carbocycles. The van der Waals surface area contributed by atoms with Crippen LogP contribution in [0.4, 0.5) is 0 Å². The standard InChI is InChI=1S/C21H24IN3O/c1-24-12-10-17(11-13-24)26-20(15-6-5-7-16(22)14-15)21-23-18-8-3-4-9-19(18)25(21)2/h3-9,14,17,20H,10-13H2,1-2H3. The van der Waals surface area contributed by atoms with Gasteiger partial charge >= 0.3 is 0 Å². The van der Waals surface area contributed by atoms with Gasteiger partial charge in [0, 0.05) is 23.7 Å². The van der Waals surface area contributed by atoms with E-state index in [-0.39, 0.29) is 12.2 Å². The number of rotatable bonds is 4. The molecule has 1 aromatic heterocycles. The molecule has 2 heterocycles. The van der Waals surface area contributed by atoms with E-state index >= 15 is 0 Å². The molecule has 4 nitrogen and oxygen atoms in total. The Morgan fingerprint density at radius 1 is 1.08 bits per heavy atom. The summed E-state index contributed by atoms with van der Waals surface area (Å²) in [5, 5.41) is 0. The van der Waals surface area contributed by atoms with Crippen LogP contribution < -0.4 is 0 Å². The van der Waals surface area contributed by atoms with Crippen LogP contribution in [0.25, 0.3) is 11.0 Å². The first-order valence-corrected chi connectivity index (χ1v) is 10.2. The molecule has 0 bridgehead atoms. The topological polar surface area (TPSA) is 30.3 Å². The molecule has 1 aliphatic rings. The van der Waals surface area contributed by atoms with Gasteiger partial charge in [-0.05, 0) is 72.3 Å². The number of piperidine rings is 1. The predicted molar refractivity (Wildman–Crippen MR) is 113 cm³/mol. The normalized spacial score (nSPS) is 17.7. The second-order valence-corrected chi connectivity index (χ2v) is 8.34. The van der Waals surface area contributed by atoms with Crippen LogP contribution in [-0.2, 0) is 11.8 Å². The second-order valence-electron chi connectivity index (χ2n) is 7.09. The fourth-order valence-corrected chi connectivity index (χ4v) is 4.24. The Labute approximate surface area is 168 Å². The van der Waals surface area contributed by atoms with Crippen LogP contribution in [-0.4, -0.2) is 40.7 Å². The van der Waals surface area contributed by atoms with Gasteiger partial charge in [-0.2, -0.15) is 0 Å². The molecule has 0 N–H and O–H groups in total. The van der Waals surface area contributed by atoms with Crippen molar-refractivity contribution < 1.29 is 4.74 Å². The summed E-state index contributed by atoms with van der Waals surface area (Å²) in [5.74, 6) is 0.979. The van der Waals surface area contributed by atoms with Crippen LogP contribution in [0.15, 0.2) is 48.5 Å². The van der Waals surface area contributed by atoms with Crippen LogP contribution in [0.5, 0.6) is 0 Å². The van der Waals surface area contributed by atoms with E-state index in [0.29, 0.717) is 0 Å². The van der Waals surface area contributed by atoms with Crippen molar-refractivity contribution in [2.75, 3.05) is 20.1 Å². The number of hydrogen-bond donors (Lipinski definition) is 0. The fraction of sp³-hybridized carbons (Fsp3) is 0.381. The number of para-hydroxylation sites is 2. The van der Waals surface area contributed by atoms with Gasteiger partial charge in [-0.25, -0.2) is 4.98 Å². The first-order valence-electron chi connectivity index (χ1n) is 9.12. The van der Waals surface area contributed by atoms with Gasteiger partial charge in [-0.15, -0.1) is 0 Å². The summed E-state index contributed by atoms with van der Waals surface area (Å²) >= 11 is 2.37. The summed E-state index contributed by atoms with van der Waals surface area (Å²) in [6, 6.07) is 16.9. The molecule has 0 radical (unpaired) electrons.